The molecule has 78 valence electrons. The molecule has 0 bridgehead atoms. The van der Waals surface area contributed by atoms with Gasteiger partial charge in [-0.25, -0.2) is 0 Å². The standard InChI is InChI=1S/C7H8BBrF3N2.K/c9-7-4-6(8(10,11)12)14(13-7)5-2-1-3-5;/h4-5H,1-3H2;/q-1;+1. The Morgan fingerprint density at radius 1 is 1.40 bits per heavy atom. The van der Waals surface area contributed by atoms with E-state index < -0.39 is 12.6 Å². The summed E-state index contributed by atoms with van der Waals surface area (Å²) in [4.78, 5) is 0. The average molecular weight is 307 g/mol. The number of nitrogens with zero attached hydrogens (tertiary/aromatic N) is 2. The second-order valence-electron chi connectivity index (χ2n) is 3.50. The van der Waals surface area contributed by atoms with Crippen molar-refractivity contribution in [1.29, 1.82) is 0 Å². The van der Waals surface area contributed by atoms with Gasteiger partial charge in [-0.05, 0) is 46.9 Å². The van der Waals surface area contributed by atoms with Crippen molar-refractivity contribution in [3.05, 3.63) is 10.7 Å². The van der Waals surface area contributed by atoms with Gasteiger partial charge in [-0.1, -0.05) is 0 Å². The van der Waals surface area contributed by atoms with Crippen LogP contribution in [0.4, 0.5) is 12.9 Å². The van der Waals surface area contributed by atoms with E-state index in [-0.39, 0.29) is 62.0 Å². The molecule has 15 heavy (non-hydrogen) atoms. The van der Waals surface area contributed by atoms with Crippen molar-refractivity contribution in [3.63, 3.8) is 0 Å². The van der Waals surface area contributed by atoms with Crippen LogP contribution in [0, 0.1) is 0 Å². The number of rotatable bonds is 2. The zero-order chi connectivity index (χ0) is 10.3. The second kappa shape index (κ2) is 5.22. The van der Waals surface area contributed by atoms with Gasteiger partial charge < -0.3 is 12.9 Å². The Balaban J connectivity index is 0.00000112. The van der Waals surface area contributed by atoms with Crippen LogP contribution in [0.15, 0.2) is 10.7 Å². The van der Waals surface area contributed by atoms with E-state index in [1.54, 1.807) is 0 Å². The van der Waals surface area contributed by atoms with E-state index in [0.29, 0.717) is 0 Å². The summed E-state index contributed by atoms with van der Waals surface area (Å²) in [6.07, 6.45) is 2.59. The third-order valence-corrected chi connectivity index (χ3v) is 2.88. The maximum absolute atomic E-state index is 12.6. The molecular weight excluding hydrogens is 299 g/mol. The number of aromatic nitrogens is 2. The van der Waals surface area contributed by atoms with Gasteiger partial charge >= 0.3 is 58.4 Å². The fourth-order valence-electron chi connectivity index (χ4n) is 1.55. The largest absolute Gasteiger partial charge is 1.00 e. The molecule has 1 aliphatic carbocycles. The maximum Gasteiger partial charge on any atom is 1.00 e. The zero-order valence-electron chi connectivity index (χ0n) is 8.26. The summed E-state index contributed by atoms with van der Waals surface area (Å²) in [6, 6.07) is 0.998. The number of halogens is 4. The fourth-order valence-corrected chi connectivity index (χ4v) is 1.95. The van der Waals surface area contributed by atoms with Gasteiger partial charge in [0.15, 0.2) is 0 Å². The molecule has 2 nitrogen and oxygen atoms in total. The normalized spacial score (nSPS) is 17.1. The van der Waals surface area contributed by atoms with Gasteiger partial charge in [0.25, 0.3) is 0 Å². The third-order valence-electron chi connectivity index (χ3n) is 2.49. The predicted octanol–water partition coefficient (Wildman–Crippen LogP) is -0.571. The molecule has 1 aliphatic rings. The Morgan fingerprint density at radius 2 is 2.00 bits per heavy atom. The molecule has 0 N–H and O–H groups in total. The molecule has 1 aromatic rings. The van der Waals surface area contributed by atoms with Gasteiger partial charge in [-0.2, -0.15) is 5.10 Å². The number of hydrogen-bond donors (Lipinski definition) is 0. The van der Waals surface area contributed by atoms with Crippen LogP contribution in [0.3, 0.4) is 0 Å². The summed E-state index contributed by atoms with van der Waals surface area (Å²) in [6.45, 7) is -4.95. The van der Waals surface area contributed by atoms with Crippen molar-refractivity contribution < 1.29 is 64.3 Å². The third kappa shape index (κ3) is 3.10. The molecule has 1 saturated carbocycles. The van der Waals surface area contributed by atoms with Crippen molar-refractivity contribution in [2.75, 3.05) is 0 Å². The van der Waals surface area contributed by atoms with Gasteiger partial charge in [0, 0.05) is 6.04 Å². The molecule has 1 heterocycles. The van der Waals surface area contributed by atoms with Gasteiger partial charge in [-0.15, -0.1) is 0 Å². The Hall–Kier alpha value is 1.18. The van der Waals surface area contributed by atoms with E-state index >= 15 is 0 Å². The molecular formula is C7H8BBrF3KN2. The molecule has 1 aromatic heterocycles. The van der Waals surface area contributed by atoms with Crippen molar-refractivity contribution in [2.24, 2.45) is 0 Å². The van der Waals surface area contributed by atoms with Crippen LogP contribution in [-0.4, -0.2) is 16.8 Å². The first-order valence-corrected chi connectivity index (χ1v) is 5.22. The molecule has 0 aromatic carbocycles. The Morgan fingerprint density at radius 3 is 2.40 bits per heavy atom. The second-order valence-corrected chi connectivity index (χ2v) is 4.31. The van der Waals surface area contributed by atoms with Crippen LogP contribution in [0.25, 0.3) is 0 Å². The minimum atomic E-state index is -4.95. The van der Waals surface area contributed by atoms with Crippen LogP contribution in [-0.2, 0) is 0 Å². The average Bonchev–Trinajstić information content (AvgIpc) is 2.26. The van der Waals surface area contributed by atoms with E-state index in [0.717, 1.165) is 30.0 Å². The quantitative estimate of drug-likeness (QED) is 0.669. The minimum Gasteiger partial charge on any atom is -0.444 e. The molecule has 2 rings (SSSR count). The summed E-state index contributed by atoms with van der Waals surface area (Å²) in [5.74, 6) is 0. The van der Waals surface area contributed by atoms with E-state index in [1.807, 2.05) is 0 Å². The molecule has 0 amide bonds. The summed E-state index contributed by atoms with van der Waals surface area (Å²) >= 11 is 2.98. The van der Waals surface area contributed by atoms with E-state index in [2.05, 4.69) is 21.0 Å². The van der Waals surface area contributed by atoms with E-state index in [4.69, 9.17) is 0 Å². The summed E-state index contributed by atoms with van der Waals surface area (Å²) < 4.78 is 39.1. The fraction of sp³-hybridized carbons (Fsp3) is 0.571. The van der Waals surface area contributed by atoms with Gasteiger partial charge in [0.1, 0.15) is 4.60 Å². The van der Waals surface area contributed by atoms with Crippen LogP contribution >= 0.6 is 15.9 Å². The smallest absolute Gasteiger partial charge is 0.444 e. The van der Waals surface area contributed by atoms with Crippen LogP contribution < -0.4 is 57.0 Å². The molecule has 0 atom stereocenters. The molecule has 0 saturated heterocycles. The van der Waals surface area contributed by atoms with Crippen LogP contribution in [0.5, 0.6) is 0 Å². The molecule has 1 fully saturated rings. The predicted molar refractivity (Wildman–Crippen MR) is 51.5 cm³/mol. The van der Waals surface area contributed by atoms with Gasteiger partial charge in [0.2, 0.25) is 0 Å². The van der Waals surface area contributed by atoms with E-state index in [1.165, 1.54) is 0 Å². The SMILES string of the molecule is F[B-](F)(F)c1cc(Br)nn1C1CCC1.[K+]. The first-order chi connectivity index (χ1) is 6.48. The molecule has 0 spiro atoms. The zero-order valence-corrected chi connectivity index (χ0v) is 13.0. The summed E-state index contributed by atoms with van der Waals surface area (Å²) in [5, 5.41) is 3.83. The van der Waals surface area contributed by atoms with Gasteiger partial charge in [-0.3, -0.25) is 4.68 Å². The minimum absolute atomic E-state index is 0. The van der Waals surface area contributed by atoms with Crippen LogP contribution in [0.1, 0.15) is 25.3 Å². The van der Waals surface area contributed by atoms with Crippen molar-refractivity contribution in [2.45, 2.75) is 25.3 Å². The van der Waals surface area contributed by atoms with Crippen molar-refractivity contribution >= 4 is 28.5 Å². The molecule has 8 heteroatoms. The Bertz CT molecular complexity index is 350. The van der Waals surface area contributed by atoms with Crippen LogP contribution in [0.2, 0.25) is 0 Å². The maximum atomic E-state index is 12.6. The Labute approximate surface area is 137 Å². The monoisotopic (exact) mass is 306 g/mol. The topological polar surface area (TPSA) is 17.8 Å². The summed E-state index contributed by atoms with van der Waals surface area (Å²) in [5.41, 5.74) is -0.596. The Kier molecular flexibility index (Phi) is 4.96. The summed E-state index contributed by atoms with van der Waals surface area (Å²) in [7, 11) is 0. The van der Waals surface area contributed by atoms with Gasteiger partial charge in [0.05, 0.1) is 0 Å². The first-order valence-electron chi connectivity index (χ1n) is 4.43. The van der Waals surface area contributed by atoms with Crippen molar-refractivity contribution in [1.82, 2.24) is 9.78 Å². The molecule has 0 aliphatic heterocycles. The van der Waals surface area contributed by atoms with Crippen molar-refractivity contribution in [3.8, 4) is 0 Å². The number of hydrogen-bond acceptors (Lipinski definition) is 1. The van der Waals surface area contributed by atoms with E-state index in [9.17, 15) is 12.9 Å². The molecule has 0 radical (unpaired) electrons. The first kappa shape index (κ1) is 14.2. The molecule has 0 unspecified atom stereocenters.